The van der Waals surface area contributed by atoms with Crippen molar-refractivity contribution in [2.45, 2.75) is 20.1 Å². The van der Waals surface area contributed by atoms with Gasteiger partial charge in [0.1, 0.15) is 30.5 Å². The largest absolute Gasteiger partial charge is 0.496 e. The smallest absolute Gasteiger partial charge is 0.153 e. The summed E-state index contributed by atoms with van der Waals surface area (Å²) in [5, 5.41) is 0. The Labute approximate surface area is 169 Å². The van der Waals surface area contributed by atoms with Gasteiger partial charge in [0.25, 0.3) is 0 Å². The maximum absolute atomic E-state index is 11.2. The predicted octanol–water partition coefficient (Wildman–Crippen LogP) is 4.79. The maximum atomic E-state index is 11.2. The molecule has 0 saturated heterocycles. The summed E-state index contributed by atoms with van der Waals surface area (Å²) in [6.45, 7) is 2.46. The summed E-state index contributed by atoms with van der Waals surface area (Å²) < 4.78 is 17.4. The highest BCUT2D eigenvalue weighted by molar-refractivity contribution is 5.79. The lowest BCUT2D eigenvalue weighted by Crippen LogP contribution is -2.06. The third-order valence-electron chi connectivity index (χ3n) is 4.45. The number of rotatable bonds is 9. The van der Waals surface area contributed by atoms with Gasteiger partial charge in [0, 0.05) is 11.1 Å². The van der Waals surface area contributed by atoms with Crippen LogP contribution >= 0.6 is 0 Å². The number of ether oxygens (including phenoxy) is 3. The summed E-state index contributed by atoms with van der Waals surface area (Å²) in [5.41, 5.74) is 3.70. The van der Waals surface area contributed by atoms with Gasteiger partial charge in [0.15, 0.2) is 12.6 Å². The van der Waals surface area contributed by atoms with E-state index in [2.05, 4.69) is 0 Å². The summed E-state index contributed by atoms with van der Waals surface area (Å²) in [7, 11) is 1.59. The van der Waals surface area contributed by atoms with Crippen molar-refractivity contribution in [3.63, 3.8) is 0 Å². The summed E-state index contributed by atoms with van der Waals surface area (Å²) in [5.74, 6) is 1.69. The minimum Gasteiger partial charge on any atom is -0.496 e. The van der Waals surface area contributed by atoms with Crippen LogP contribution in [0.1, 0.15) is 37.4 Å². The van der Waals surface area contributed by atoms with E-state index in [0.717, 1.165) is 29.3 Å². The van der Waals surface area contributed by atoms with E-state index in [1.807, 2.05) is 31.2 Å². The average Bonchev–Trinajstić information content (AvgIpc) is 2.76. The molecule has 0 bridgehead atoms. The molecule has 5 heteroatoms. The van der Waals surface area contributed by atoms with Crippen LogP contribution < -0.4 is 14.2 Å². The first-order valence-corrected chi connectivity index (χ1v) is 9.16. The Bertz CT molecular complexity index is 933. The molecule has 0 aliphatic rings. The number of carbonyl (C=O) groups excluding carboxylic acids is 2. The quantitative estimate of drug-likeness (QED) is 0.492. The monoisotopic (exact) mass is 390 g/mol. The molecular formula is C24H22O5. The topological polar surface area (TPSA) is 61.8 Å². The standard InChI is InChI=1S/C24H22O5/c1-17-11-20(15-28-22-9-5-3-7-18(22)13-25)24(27-2)21(12-17)16-29-23-10-6-4-8-19(23)14-26/h3-14H,15-16H2,1-2H3. The van der Waals surface area contributed by atoms with Crippen LogP contribution in [0.15, 0.2) is 60.7 Å². The zero-order valence-electron chi connectivity index (χ0n) is 16.4. The number of methoxy groups -OCH3 is 1. The maximum Gasteiger partial charge on any atom is 0.153 e. The first-order valence-electron chi connectivity index (χ1n) is 9.16. The van der Waals surface area contributed by atoms with Gasteiger partial charge in [-0.1, -0.05) is 29.8 Å². The number of aldehydes is 2. The zero-order chi connectivity index (χ0) is 20.6. The number of para-hydroxylation sites is 2. The molecule has 3 aromatic carbocycles. The molecule has 3 aromatic rings. The molecule has 0 amide bonds. The van der Waals surface area contributed by atoms with Crippen molar-refractivity contribution in [1.29, 1.82) is 0 Å². The number of carbonyl (C=O) groups is 2. The highest BCUT2D eigenvalue weighted by atomic mass is 16.5. The Hall–Kier alpha value is -3.60. The molecule has 0 N–H and O–H groups in total. The van der Waals surface area contributed by atoms with Crippen molar-refractivity contribution in [2.24, 2.45) is 0 Å². The van der Waals surface area contributed by atoms with Gasteiger partial charge >= 0.3 is 0 Å². The molecule has 29 heavy (non-hydrogen) atoms. The summed E-state index contributed by atoms with van der Waals surface area (Å²) in [4.78, 5) is 22.4. The number of hydrogen-bond donors (Lipinski definition) is 0. The van der Waals surface area contributed by atoms with Gasteiger partial charge in [-0.2, -0.15) is 0 Å². The lowest BCUT2D eigenvalue weighted by molar-refractivity contribution is 0.111. The van der Waals surface area contributed by atoms with Crippen LogP contribution in [0.25, 0.3) is 0 Å². The molecule has 0 heterocycles. The molecule has 0 aliphatic heterocycles. The summed E-state index contributed by atoms with van der Waals surface area (Å²) in [6.07, 6.45) is 1.54. The second-order valence-corrected chi connectivity index (χ2v) is 6.51. The predicted molar refractivity (Wildman–Crippen MR) is 110 cm³/mol. The van der Waals surface area contributed by atoms with Crippen molar-refractivity contribution in [3.8, 4) is 17.2 Å². The Balaban J connectivity index is 1.83. The second-order valence-electron chi connectivity index (χ2n) is 6.51. The third kappa shape index (κ3) is 4.82. The van der Waals surface area contributed by atoms with Crippen molar-refractivity contribution in [1.82, 2.24) is 0 Å². The molecule has 0 radical (unpaired) electrons. The van der Waals surface area contributed by atoms with E-state index in [4.69, 9.17) is 14.2 Å². The van der Waals surface area contributed by atoms with Crippen LogP contribution in [-0.2, 0) is 13.2 Å². The van der Waals surface area contributed by atoms with Gasteiger partial charge in [-0.15, -0.1) is 0 Å². The molecule has 0 spiro atoms. The molecule has 0 fully saturated rings. The second kappa shape index (κ2) is 9.55. The molecule has 5 nitrogen and oxygen atoms in total. The van der Waals surface area contributed by atoms with E-state index < -0.39 is 0 Å². The third-order valence-corrected chi connectivity index (χ3v) is 4.45. The van der Waals surface area contributed by atoms with Crippen molar-refractivity contribution in [3.05, 3.63) is 88.5 Å². The van der Waals surface area contributed by atoms with Gasteiger partial charge < -0.3 is 14.2 Å². The fourth-order valence-corrected chi connectivity index (χ4v) is 3.13. The van der Waals surface area contributed by atoms with Crippen LogP contribution in [-0.4, -0.2) is 19.7 Å². The highest BCUT2D eigenvalue weighted by Gasteiger charge is 2.14. The van der Waals surface area contributed by atoms with E-state index >= 15 is 0 Å². The number of hydrogen-bond acceptors (Lipinski definition) is 5. The van der Waals surface area contributed by atoms with Crippen molar-refractivity contribution in [2.75, 3.05) is 7.11 Å². The first kappa shape index (κ1) is 20.1. The molecular weight excluding hydrogens is 368 g/mol. The normalized spacial score (nSPS) is 10.3. The Morgan fingerprint density at radius 3 is 1.62 bits per heavy atom. The first-order chi connectivity index (χ1) is 14.2. The van der Waals surface area contributed by atoms with E-state index in [1.165, 1.54) is 0 Å². The molecule has 0 unspecified atom stereocenters. The molecule has 0 aliphatic carbocycles. The molecule has 0 saturated carbocycles. The van der Waals surface area contributed by atoms with Crippen LogP contribution in [0.4, 0.5) is 0 Å². The van der Waals surface area contributed by atoms with Gasteiger partial charge in [-0.25, -0.2) is 0 Å². The lowest BCUT2D eigenvalue weighted by Gasteiger charge is -2.17. The van der Waals surface area contributed by atoms with E-state index in [9.17, 15) is 9.59 Å². The van der Waals surface area contributed by atoms with E-state index in [1.54, 1.807) is 43.5 Å². The minimum atomic E-state index is 0.244. The fourth-order valence-electron chi connectivity index (χ4n) is 3.13. The van der Waals surface area contributed by atoms with Crippen LogP contribution in [0.3, 0.4) is 0 Å². The van der Waals surface area contributed by atoms with Crippen LogP contribution in [0.2, 0.25) is 0 Å². The Morgan fingerprint density at radius 2 is 1.21 bits per heavy atom. The minimum absolute atomic E-state index is 0.244. The van der Waals surface area contributed by atoms with Crippen molar-refractivity contribution < 1.29 is 23.8 Å². The summed E-state index contributed by atoms with van der Waals surface area (Å²) in [6, 6.07) is 18.1. The molecule has 148 valence electrons. The van der Waals surface area contributed by atoms with Gasteiger partial charge in [0.05, 0.1) is 18.2 Å². The summed E-state index contributed by atoms with van der Waals surface area (Å²) >= 11 is 0. The van der Waals surface area contributed by atoms with E-state index in [-0.39, 0.29) is 13.2 Å². The van der Waals surface area contributed by atoms with Crippen LogP contribution in [0.5, 0.6) is 17.2 Å². The van der Waals surface area contributed by atoms with E-state index in [0.29, 0.717) is 28.4 Å². The van der Waals surface area contributed by atoms with Gasteiger partial charge in [0.2, 0.25) is 0 Å². The SMILES string of the molecule is COc1c(COc2ccccc2C=O)cc(C)cc1COc1ccccc1C=O. The molecule has 0 aromatic heterocycles. The van der Waals surface area contributed by atoms with Gasteiger partial charge in [-0.05, 0) is 43.3 Å². The van der Waals surface area contributed by atoms with Gasteiger partial charge in [-0.3, -0.25) is 9.59 Å². The lowest BCUT2D eigenvalue weighted by atomic mass is 10.1. The zero-order valence-corrected chi connectivity index (χ0v) is 16.4. The van der Waals surface area contributed by atoms with Crippen molar-refractivity contribution >= 4 is 12.6 Å². The molecule has 0 atom stereocenters. The average molecular weight is 390 g/mol. The Morgan fingerprint density at radius 1 is 0.759 bits per heavy atom. The molecule has 3 rings (SSSR count). The number of aryl methyl sites for hydroxylation is 1. The fraction of sp³-hybridized carbons (Fsp3) is 0.167. The Kier molecular flexibility index (Phi) is 6.63. The highest BCUT2D eigenvalue weighted by Crippen LogP contribution is 2.29. The number of benzene rings is 3. The van der Waals surface area contributed by atoms with Crippen LogP contribution in [0, 0.1) is 6.92 Å².